The van der Waals surface area contributed by atoms with Gasteiger partial charge in [-0.05, 0) is 54.9 Å². The Morgan fingerprint density at radius 3 is 2.73 bits per heavy atom. The summed E-state index contributed by atoms with van der Waals surface area (Å²) in [4.78, 5) is 29.3. The fraction of sp³-hybridized carbons (Fsp3) is 0.333. The van der Waals surface area contributed by atoms with Gasteiger partial charge in [-0.15, -0.1) is 0 Å². The minimum absolute atomic E-state index is 0.200. The maximum atomic E-state index is 13.1. The third-order valence-electron chi connectivity index (χ3n) is 5.75. The zero-order valence-corrected chi connectivity index (χ0v) is 17.2. The van der Waals surface area contributed by atoms with Crippen molar-refractivity contribution in [3.63, 3.8) is 0 Å². The van der Waals surface area contributed by atoms with Gasteiger partial charge in [0, 0.05) is 25.2 Å². The highest BCUT2D eigenvalue weighted by atomic mass is 16.5. The number of anilines is 1. The van der Waals surface area contributed by atoms with Gasteiger partial charge in [0.1, 0.15) is 17.9 Å². The molecule has 2 aromatic carbocycles. The lowest BCUT2D eigenvalue weighted by Crippen LogP contribution is -2.42. The number of likely N-dealkylation sites (tertiary alicyclic amines) is 1. The Morgan fingerprint density at radius 2 is 1.97 bits per heavy atom. The zero-order valence-electron chi connectivity index (χ0n) is 17.2. The van der Waals surface area contributed by atoms with Crippen molar-refractivity contribution in [2.24, 2.45) is 0 Å². The number of para-hydroxylation sites is 1. The SMILES string of the molecule is C=CC(=O)N1C[C@@H](Oc2ccccc2)C[C@H]1C(=O)Nc1ccc2c(c1)CN(C)CC2. The predicted octanol–water partition coefficient (Wildman–Crippen LogP) is 2.85. The maximum Gasteiger partial charge on any atom is 0.247 e. The molecule has 2 atom stereocenters. The molecule has 2 amide bonds. The number of amides is 2. The van der Waals surface area contributed by atoms with Crippen molar-refractivity contribution in [1.29, 1.82) is 0 Å². The van der Waals surface area contributed by atoms with Gasteiger partial charge in [0.2, 0.25) is 11.8 Å². The Kier molecular flexibility index (Phi) is 5.86. The summed E-state index contributed by atoms with van der Waals surface area (Å²) in [6.45, 7) is 5.85. The molecular formula is C24H27N3O3. The van der Waals surface area contributed by atoms with Gasteiger partial charge in [-0.3, -0.25) is 9.59 Å². The van der Waals surface area contributed by atoms with Gasteiger partial charge in [0.15, 0.2) is 0 Å². The summed E-state index contributed by atoms with van der Waals surface area (Å²) in [6.07, 6.45) is 2.46. The lowest BCUT2D eigenvalue weighted by atomic mass is 9.99. The molecule has 2 heterocycles. The van der Waals surface area contributed by atoms with Gasteiger partial charge in [-0.2, -0.15) is 0 Å². The molecule has 1 N–H and O–H groups in total. The van der Waals surface area contributed by atoms with Crippen molar-refractivity contribution >= 4 is 17.5 Å². The van der Waals surface area contributed by atoms with E-state index in [1.807, 2.05) is 42.5 Å². The summed E-state index contributed by atoms with van der Waals surface area (Å²) >= 11 is 0. The molecule has 2 aliphatic rings. The minimum atomic E-state index is -0.595. The lowest BCUT2D eigenvalue weighted by Gasteiger charge is -2.26. The summed E-state index contributed by atoms with van der Waals surface area (Å²) in [5.74, 6) is 0.267. The van der Waals surface area contributed by atoms with Gasteiger partial charge < -0.3 is 19.9 Å². The number of carbonyl (C=O) groups is 2. The summed E-state index contributed by atoms with van der Waals surface area (Å²) in [5, 5.41) is 3.00. The second kappa shape index (κ2) is 8.71. The topological polar surface area (TPSA) is 61.9 Å². The second-order valence-corrected chi connectivity index (χ2v) is 7.96. The number of carbonyl (C=O) groups excluding carboxylic acids is 2. The highest BCUT2D eigenvalue weighted by Gasteiger charge is 2.40. The van der Waals surface area contributed by atoms with Gasteiger partial charge in [0.25, 0.3) is 0 Å². The number of ether oxygens (including phenoxy) is 1. The van der Waals surface area contributed by atoms with Gasteiger partial charge in [-0.1, -0.05) is 30.8 Å². The van der Waals surface area contributed by atoms with E-state index in [0.29, 0.717) is 13.0 Å². The van der Waals surface area contributed by atoms with Gasteiger partial charge in [0.05, 0.1) is 6.54 Å². The molecule has 0 aromatic heterocycles. The maximum absolute atomic E-state index is 13.1. The first-order valence-electron chi connectivity index (χ1n) is 10.3. The van der Waals surface area contributed by atoms with E-state index in [1.165, 1.54) is 17.2 Å². The summed E-state index contributed by atoms with van der Waals surface area (Å²) in [7, 11) is 2.10. The van der Waals surface area contributed by atoms with Crippen LogP contribution in [0.15, 0.2) is 61.2 Å². The van der Waals surface area contributed by atoms with Crippen LogP contribution in [0.25, 0.3) is 0 Å². The minimum Gasteiger partial charge on any atom is -0.488 e. The molecule has 6 heteroatoms. The van der Waals surface area contributed by atoms with Crippen molar-refractivity contribution in [2.75, 3.05) is 25.5 Å². The highest BCUT2D eigenvalue weighted by molar-refractivity contribution is 5.99. The highest BCUT2D eigenvalue weighted by Crippen LogP contribution is 2.26. The average Bonchev–Trinajstić information content (AvgIpc) is 3.17. The molecule has 0 bridgehead atoms. The van der Waals surface area contributed by atoms with E-state index in [1.54, 1.807) is 4.90 Å². The summed E-state index contributed by atoms with van der Waals surface area (Å²) < 4.78 is 6.00. The Balaban J connectivity index is 1.47. The molecule has 0 saturated carbocycles. The molecule has 156 valence electrons. The van der Waals surface area contributed by atoms with E-state index in [0.717, 1.165) is 30.9 Å². The molecule has 2 aliphatic heterocycles. The van der Waals surface area contributed by atoms with Crippen LogP contribution in [0.5, 0.6) is 5.75 Å². The quantitative estimate of drug-likeness (QED) is 0.777. The number of hydrogen-bond acceptors (Lipinski definition) is 4. The molecule has 0 radical (unpaired) electrons. The molecule has 0 aliphatic carbocycles. The predicted molar refractivity (Wildman–Crippen MR) is 116 cm³/mol. The Labute approximate surface area is 177 Å². The number of benzene rings is 2. The van der Waals surface area contributed by atoms with E-state index < -0.39 is 6.04 Å². The van der Waals surface area contributed by atoms with Crippen molar-refractivity contribution in [1.82, 2.24) is 9.80 Å². The van der Waals surface area contributed by atoms with Crippen LogP contribution >= 0.6 is 0 Å². The molecule has 0 spiro atoms. The zero-order chi connectivity index (χ0) is 21.1. The molecule has 1 saturated heterocycles. The standard InChI is InChI=1S/C24H27N3O3/c1-3-23(28)27-16-21(30-20-7-5-4-6-8-20)14-22(27)24(29)25-19-10-9-17-11-12-26(2)15-18(17)13-19/h3-10,13,21-22H,1,11-12,14-16H2,2H3,(H,25,29)/t21-,22-/m0/s1. The van der Waals surface area contributed by atoms with E-state index in [2.05, 4.69) is 29.9 Å². The number of nitrogens with zero attached hydrogens (tertiary/aromatic N) is 2. The number of nitrogens with one attached hydrogen (secondary N) is 1. The largest absolute Gasteiger partial charge is 0.488 e. The molecule has 0 unspecified atom stereocenters. The smallest absolute Gasteiger partial charge is 0.247 e. The molecule has 30 heavy (non-hydrogen) atoms. The first-order chi connectivity index (χ1) is 14.5. The second-order valence-electron chi connectivity index (χ2n) is 7.96. The van der Waals surface area contributed by atoms with Crippen LogP contribution in [0, 0.1) is 0 Å². The van der Waals surface area contributed by atoms with E-state index >= 15 is 0 Å². The average molecular weight is 405 g/mol. The number of likely N-dealkylation sites (N-methyl/N-ethyl adjacent to an activating group) is 1. The van der Waals surface area contributed by atoms with Crippen LogP contribution in [0.4, 0.5) is 5.69 Å². The molecule has 6 nitrogen and oxygen atoms in total. The van der Waals surface area contributed by atoms with Crippen molar-refractivity contribution in [3.8, 4) is 5.75 Å². The first kappa shape index (κ1) is 20.2. The molecular weight excluding hydrogens is 378 g/mol. The Hall–Kier alpha value is -3.12. The summed E-state index contributed by atoms with van der Waals surface area (Å²) in [6, 6.07) is 14.9. The Morgan fingerprint density at radius 1 is 1.17 bits per heavy atom. The van der Waals surface area contributed by atoms with Crippen LogP contribution in [0.3, 0.4) is 0 Å². The number of hydrogen-bond donors (Lipinski definition) is 1. The van der Waals surface area contributed by atoms with Crippen LogP contribution in [-0.4, -0.2) is 53.9 Å². The molecule has 4 rings (SSSR count). The summed E-state index contributed by atoms with van der Waals surface area (Å²) in [5.41, 5.74) is 3.32. The Bertz CT molecular complexity index is 944. The number of rotatable bonds is 5. The van der Waals surface area contributed by atoms with Crippen molar-refractivity contribution in [3.05, 3.63) is 72.3 Å². The van der Waals surface area contributed by atoms with E-state index in [-0.39, 0.29) is 17.9 Å². The third-order valence-corrected chi connectivity index (χ3v) is 5.75. The van der Waals surface area contributed by atoms with E-state index in [9.17, 15) is 9.59 Å². The van der Waals surface area contributed by atoms with Crippen molar-refractivity contribution < 1.29 is 14.3 Å². The fourth-order valence-corrected chi connectivity index (χ4v) is 4.19. The molecule has 2 aromatic rings. The molecule has 1 fully saturated rings. The van der Waals surface area contributed by atoms with Crippen molar-refractivity contribution in [2.45, 2.75) is 31.5 Å². The van der Waals surface area contributed by atoms with Crippen LogP contribution in [0.2, 0.25) is 0 Å². The van der Waals surface area contributed by atoms with Crippen LogP contribution < -0.4 is 10.1 Å². The fourth-order valence-electron chi connectivity index (χ4n) is 4.19. The third kappa shape index (κ3) is 4.39. The van der Waals surface area contributed by atoms with E-state index in [4.69, 9.17) is 4.74 Å². The lowest BCUT2D eigenvalue weighted by molar-refractivity contribution is -0.132. The first-order valence-corrected chi connectivity index (χ1v) is 10.3. The van der Waals surface area contributed by atoms with Gasteiger partial charge >= 0.3 is 0 Å². The van der Waals surface area contributed by atoms with Crippen LogP contribution in [-0.2, 0) is 22.6 Å². The number of fused-ring (bicyclic) bond motifs is 1. The normalized spacial score (nSPS) is 21.0. The van der Waals surface area contributed by atoms with Gasteiger partial charge in [-0.25, -0.2) is 0 Å². The van der Waals surface area contributed by atoms with Crippen LogP contribution in [0.1, 0.15) is 17.5 Å². The monoisotopic (exact) mass is 405 g/mol.